The van der Waals surface area contributed by atoms with Gasteiger partial charge in [-0.15, -0.1) is 0 Å². The molecule has 3 aliphatic rings. The predicted molar refractivity (Wildman–Crippen MR) is 170 cm³/mol. The number of piperazine rings is 1. The summed E-state index contributed by atoms with van der Waals surface area (Å²) in [7, 11) is 0. The molecular weight excluding hydrogens is 560 g/mol. The summed E-state index contributed by atoms with van der Waals surface area (Å²) in [6.07, 6.45) is 2.96. The number of hydrogen-bond acceptors (Lipinski definition) is 9. The van der Waals surface area contributed by atoms with E-state index in [1.807, 2.05) is 42.2 Å². The Hall–Kier alpha value is -4.55. The Labute approximate surface area is 256 Å². The van der Waals surface area contributed by atoms with Gasteiger partial charge in [0.25, 0.3) is 17.4 Å². The molecule has 0 radical (unpaired) electrons. The van der Waals surface area contributed by atoms with Gasteiger partial charge < -0.3 is 19.9 Å². The molecule has 2 amide bonds. The van der Waals surface area contributed by atoms with Crippen LogP contribution in [0.25, 0.3) is 5.69 Å². The largest absolute Gasteiger partial charge is 0.379 e. The molecule has 0 unspecified atom stereocenters. The number of rotatable bonds is 9. The van der Waals surface area contributed by atoms with Gasteiger partial charge in [-0.2, -0.15) is 14.9 Å². The second kappa shape index (κ2) is 13.4. The van der Waals surface area contributed by atoms with Crippen molar-refractivity contribution in [2.24, 2.45) is 5.10 Å². The molecular formula is C32H38N8O4. The van der Waals surface area contributed by atoms with Crippen LogP contribution in [-0.4, -0.2) is 103 Å². The van der Waals surface area contributed by atoms with E-state index >= 15 is 0 Å². The normalized spacial score (nSPS) is 17.6. The highest BCUT2D eigenvalue weighted by Crippen LogP contribution is 2.25. The molecule has 0 atom stereocenters. The van der Waals surface area contributed by atoms with Crippen molar-refractivity contribution in [3.05, 3.63) is 76.7 Å². The van der Waals surface area contributed by atoms with Gasteiger partial charge >= 0.3 is 0 Å². The second-order valence-corrected chi connectivity index (χ2v) is 11.2. The molecule has 0 saturated carbocycles. The molecule has 12 nitrogen and oxygen atoms in total. The highest BCUT2D eigenvalue weighted by atomic mass is 16.5. The third-order valence-electron chi connectivity index (χ3n) is 8.20. The molecule has 12 heteroatoms. The Morgan fingerprint density at radius 1 is 0.909 bits per heavy atom. The van der Waals surface area contributed by atoms with Gasteiger partial charge in [0.05, 0.1) is 42.9 Å². The first-order valence-corrected chi connectivity index (χ1v) is 15.2. The Morgan fingerprint density at radius 2 is 1.64 bits per heavy atom. The Bertz CT molecular complexity index is 1560. The summed E-state index contributed by atoms with van der Waals surface area (Å²) in [5, 5.41) is 13.6. The van der Waals surface area contributed by atoms with E-state index in [1.165, 1.54) is 9.69 Å². The van der Waals surface area contributed by atoms with Crippen LogP contribution in [0.3, 0.4) is 0 Å². The van der Waals surface area contributed by atoms with Crippen molar-refractivity contribution in [2.75, 3.05) is 80.8 Å². The number of para-hydroxylation sites is 1. The summed E-state index contributed by atoms with van der Waals surface area (Å²) in [5.41, 5.74) is 3.76. The van der Waals surface area contributed by atoms with Crippen molar-refractivity contribution >= 4 is 34.6 Å². The Balaban J connectivity index is 1.13. The fourth-order valence-electron chi connectivity index (χ4n) is 5.78. The number of carbonyl (C=O) groups is 2. The molecule has 1 aromatic heterocycles. The van der Waals surface area contributed by atoms with E-state index in [4.69, 9.17) is 4.74 Å². The summed E-state index contributed by atoms with van der Waals surface area (Å²) in [5.74, 6) is -0.141. The van der Waals surface area contributed by atoms with Gasteiger partial charge in [-0.05, 0) is 56.3 Å². The van der Waals surface area contributed by atoms with Crippen LogP contribution in [0, 0.1) is 0 Å². The molecule has 4 heterocycles. The van der Waals surface area contributed by atoms with Crippen molar-refractivity contribution < 1.29 is 14.3 Å². The Morgan fingerprint density at radius 3 is 2.32 bits per heavy atom. The number of amides is 2. The number of morpholine rings is 1. The number of nitrogens with zero attached hydrogens (tertiary/aromatic N) is 7. The number of nitrogens with one attached hydrogen (secondary N) is 1. The standard InChI is InChI=1S/C32H38N8O4/c1-24-22-29(41)39(35-24)27-10-8-25(9-11-27)31(42)38-16-14-37(15-17-38)28-23-34-40(26-6-3-2-4-7-26)32(43)30(28)33-12-5-13-36-18-20-44-21-19-36/h2-4,6-11,23,33H,5,12-22H2,1H3. The van der Waals surface area contributed by atoms with Crippen LogP contribution in [0.2, 0.25) is 0 Å². The molecule has 2 aromatic carbocycles. The predicted octanol–water partition coefficient (Wildman–Crippen LogP) is 2.44. The molecule has 0 bridgehead atoms. The van der Waals surface area contributed by atoms with Crippen LogP contribution >= 0.6 is 0 Å². The lowest BCUT2D eigenvalue weighted by molar-refractivity contribution is -0.116. The van der Waals surface area contributed by atoms with Crippen molar-refractivity contribution in [1.82, 2.24) is 19.6 Å². The quantitative estimate of drug-likeness (QED) is 0.374. The number of carbonyl (C=O) groups excluding carboxylic acids is 2. The minimum atomic E-state index is -0.199. The van der Waals surface area contributed by atoms with Gasteiger partial charge in [-0.1, -0.05) is 18.2 Å². The van der Waals surface area contributed by atoms with E-state index in [0.717, 1.165) is 50.7 Å². The van der Waals surface area contributed by atoms with Crippen LogP contribution in [-0.2, 0) is 9.53 Å². The van der Waals surface area contributed by atoms with Crippen molar-refractivity contribution in [1.29, 1.82) is 0 Å². The summed E-state index contributed by atoms with van der Waals surface area (Å²) in [6, 6.07) is 16.4. The van der Waals surface area contributed by atoms with E-state index in [9.17, 15) is 14.4 Å². The first kappa shape index (κ1) is 29.5. The van der Waals surface area contributed by atoms with Gasteiger partial charge in [0.2, 0.25) is 0 Å². The maximum atomic E-state index is 13.7. The zero-order valence-corrected chi connectivity index (χ0v) is 25.0. The van der Waals surface area contributed by atoms with Crippen LogP contribution in [0.1, 0.15) is 30.1 Å². The summed E-state index contributed by atoms with van der Waals surface area (Å²) in [6.45, 7) is 8.95. The van der Waals surface area contributed by atoms with E-state index in [1.54, 1.807) is 30.5 Å². The molecule has 0 spiro atoms. The highest BCUT2D eigenvalue weighted by Gasteiger charge is 2.27. The number of benzene rings is 2. The molecule has 44 heavy (non-hydrogen) atoms. The number of anilines is 3. The first-order valence-electron chi connectivity index (χ1n) is 15.2. The topological polar surface area (TPSA) is 116 Å². The van der Waals surface area contributed by atoms with Crippen molar-refractivity contribution in [3.63, 3.8) is 0 Å². The number of hydrogen-bond donors (Lipinski definition) is 1. The summed E-state index contributed by atoms with van der Waals surface area (Å²) >= 11 is 0. The lowest BCUT2D eigenvalue weighted by atomic mass is 10.1. The monoisotopic (exact) mass is 598 g/mol. The number of aromatic nitrogens is 2. The van der Waals surface area contributed by atoms with Gasteiger partial charge in [-0.3, -0.25) is 19.3 Å². The van der Waals surface area contributed by atoms with E-state index < -0.39 is 0 Å². The van der Waals surface area contributed by atoms with Crippen LogP contribution < -0.4 is 20.8 Å². The van der Waals surface area contributed by atoms with Gasteiger partial charge in [0, 0.05) is 57.1 Å². The zero-order valence-electron chi connectivity index (χ0n) is 25.0. The Kier molecular flexibility index (Phi) is 8.99. The molecule has 6 rings (SSSR count). The molecule has 3 aromatic rings. The SMILES string of the molecule is CC1=NN(c2ccc(C(=O)N3CCN(c4cnn(-c5ccccc5)c(=O)c4NCCCN4CCOCC4)CC3)cc2)C(=O)C1. The van der Waals surface area contributed by atoms with Crippen LogP contribution in [0.5, 0.6) is 0 Å². The van der Waals surface area contributed by atoms with Gasteiger partial charge in [0.15, 0.2) is 0 Å². The zero-order chi connectivity index (χ0) is 30.5. The maximum absolute atomic E-state index is 13.7. The maximum Gasteiger partial charge on any atom is 0.296 e. The smallest absolute Gasteiger partial charge is 0.296 e. The van der Waals surface area contributed by atoms with Gasteiger partial charge in [-0.25, -0.2) is 5.01 Å². The van der Waals surface area contributed by atoms with E-state index in [-0.39, 0.29) is 17.4 Å². The number of ether oxygens (including phenoxy) is 1. The van der Waals surface area contributed by atoms with Crippen LogP contribution in [0.15, 0.2) is 70.7 Å². The average Bonchev–Trinajstić information content (AvgIpc) is 3.41. The third kappa shape index (κ3) is 6.51. The molecule has 3 aliphatic heterocycles. The summed E-state index contributed by atoms with van der Waals surface area (Å²) in [4.78, 5) is 45.6. The molecule has 2 saturated heterocycles. The van der Waals surface area contributed by atoms with Gasteiger partial charge in [0.1, 0.15) is 5.69 Å². The lowest BCUT2D eigenvalue weighted by Gasteiger charge is -2.36. The van der Waals surface area contributed by atoms with E-state index in [2.05, 4.69) is 25.3 Å². The molecule has 2 fully saturated rings. The fraction of sp³-hybridized carbons (Fsp3) is 0.406. The highest BCUT2D eigenvalue weighted by molar-refractivity contribution is 6.12. The third-order valence-corrected chi connectivity index (χ3v) is 8.20. The number of hydrazone groups is 1. The lowest BCUT2D eigenvalue weighted by Crippen LogP contribution is -2.49. The molecule has 230 valence electrons. The van der Waals surface area contributed by atoms with Crippen molar-refractivity contribution in [3.8, 4) is 5.69 Å². The molecule has 1 N–H and O–H groups in total. The van der Waals surface area contributed by atoms with E-state index in [0.29, 0.717) is 61.8 Å². The first-order chi connectivity index (χ1) is 21.5. The summed E-state index contributed by atoms with van der Waals surface area (Å²) < 4.78 is 6.88. The van der Waals surface area contributed by atoms with Crippen LogP contribution in [0.4, 0.5) is 17.1 Å². The minimum Gasteiger partial charge on any atom is -0.379 e. The average molecular weight is 599 g/mol. The minimum absolute atomic E-state index is 0.0669. The fourth-order valence-corrected chi connectivity index (χ4v) is 5.78. The van der Waals surface area contributed by atoms with Crippen molar-refractivity contribution in [2.45, 2.75) is 19.8 Å². The molecule has 0 aliphatic carbocycles. The second-order valence-electron chi connectivity index (χ2n) is 11.2.